The molecule has 1 saturated heterocycles. The van der Waals surface area contributed by atoms with E-state index in [0.29, 0.717) is 11.6 Å². The van der Waals surface area contributed by atoms with Crippen LogP contribution in [0.1, 0.15) is 39.7 Å². The first-order valence-corrected chi connectivity index (χ1v) is 12.0. The normalized spacial score (nSPS) is 20.4. The summed E-state index contributed by atoms with van der Waals surface area (Å²) in [6, 6.07) is 15.3. The molecule has 1 aromatic heterocycles. The molecule has 1 fully saturated rings. The molecule has 0 aliphatic carbocycles. The van der Waals surface area contributed by atoms with E-state index in [-0.39, 0.29) is 5.91 Å². The number of fused-ring (bicyclic) bond motifs is 1. The third kappa shape index (κ3) is 5.16. The molecular weight excluding hydrogens is 420 g/mol. The molecule has 1 aliphatic heterocycles. The molecule has 1 amide bonds. The number of likely N-dealkylation sites (tertiary alicyclic amines) is 1. The fourth-order valence-electron chi connectivity index (χ4n) is 4.97. The average Bonchev–Trinajstić information content (AvgIpc) is 3.14. The Morgan fingerprint density at radius 3 is 2.59 bits per heavy atom. The third-order valence-corrected chi connectivity index (χ3v) is 6.59. The zero-order valence-electron chi connectivity index (χ0n) is 19.2. The second kappa shape index (κ2) is 10.1. The largest absolute Gasteiger partial charge is 0.354 e. The van der Waals surface area contributed by atoms with Gasteiger partial charge in [0.25, 0.3) is 0 Å². The molecule has 0 radical (unpaired) electrons. The maximum absolute atomic E-state index is 12.9. The Balaban J connectivity index is 1.43. The van der Waals surface area contributed by atoms with Gasteiger partial charge in [-0.2, -0.15) is 5.10 Å². The predicted octanol–water partition coefficient (Wildman–Crippen LogP) is 5.40. The molecule has 4 rings (SSSR count). The molecule has 2 heterocycles. The number of nitrogens with zero attached hydrogens (tertiary/aromatic N) is 3. The number of halogens is 1. The molecule has 5 nitrogen and oxygen atoms in total. The van der Waals surface area contributed by atoms with E-state index in [4.69, 9.17) is 16.7 Å². The van der Waals surface area contributed by atoms with Crippen molar-refractivity contribution in [3.8, 4) is 11.3 Å². The molecule has 6 heteroatoms. The Morgan fingerprint density at radius 2 is 1.88 bits per heavy atom. The van der Waals surface area contributed by atoms with E-state index in [1.807, 2.05) is 60.1 Å². The molecule has 0 bridgehead atoms. The van der Waals surface area contributed by atoms with E-state index in [1.165, 1.54) is 19.5 Å². The van der Waals surface area contributed by atoms with Crippen molar-refractivity contribution in [2.24, 2.45) is 11.8 Å². The maximum atomic E-state index is 12.9. The molecule has 2 aromatic carbocycles. The average molecular weight is 453 g/mol. The van der Waals surface area contributed by atoms with Gasteiger partial charge in [-0.25, -0.2) is 0 Å². The van der Waals surface area contributed by atoms with Gasteiger partial charge in [-0.1, -0.05) is 55.8 Å². The zero-order valence-corrected chi connectivity index (χ0v) is 20.0. The lowest BCUT2D eigenvalue weighted by Crippen LogP contribution is -2.40. The Labute approximate surface area is 195 Å². The number of hydrogen-bond donors (Lipinski definition) is 1. The van der Waals surface area contributed by atoms with E-state index >= 15 is 0 Å². The fraction of sp³-hybridized carbons (Fsp3) is 0.462. The number of amides is 1. The van der Waals surface area contributed by atoms with Gasteiger partial charge in [0, 0.05) is 35.6 Å². The number of nitrogens with one attached hydrogen (secondary N) is 1. The summed E-state index contributed by atoms with van der Waals surface area (Å²) >= 11 is 6.28. The molecule has 32 heavy (non-hydrogen) atoms. The highest BCUT2D eigenvalue weighted by molar-refractivity contribution is 6.31. The highest BCUT2D eigenvalue weighted by Crippen LogP contribution is 2.31. The molecule has 1 aliphatic rings. The van der Waals surface area contributed by atoms with E-state index in [0.717, 1.165) is 47.0 Å². The smallest absolute Gasteiger partial charge is 0.244 e. The Bertz CT molecular complexity index is 1050. The highest BCUT2D eigenvalue weighted by Gasteiger charge is 2.23. The zero-order chi connectivity index (χ0) is 22.7. The van der Waals surface area contributed by atoms with Crippen molar-refractivity contribution in [3.63, 3.8) is 0 Å². The van der Waals surface area contributed by atoms with Crippen molar-refractivity contribution < 1.29 is 4.79 Å². The lowest BCUT2D eigenvalue weighted by Gasteiger charge is -2.34. The summed E-state index contributed by atoms with van der Waals surface area (Å²) in [5.74, 6) is 1.51. The molecule has 1 N–H and O–H groups in total. The summed E-state index contributed by atoms with van der Waals surface area (Å²) in [5, 5.41) is 9.56. The van der Waals surface area contributed by atoms with E-state index in [9.17, 15) is 4.79 Å². The third-order valence-electron chi connectivity index (χ3n) is 6.36. The summed E-state index contributed by atoms with van der Waals surface area (Å²) in [7, 11) is 0. The van der Waals surface area contributed by atoms with Gasteiger partial charge in [0.1, 0.15) is 11.7 Å². The topological polar surface area (TPSA) is 50.2 Å². The van der Waals surface area contributed by atoms with Gasteiger partial charge in [-0.15, -0.1) is 0 Å². The van der Waals surface area contributed by atoms with Crippen LogP contribution in [0.15, 0.2) is 48.5 Å². The molecule has 0 saturated carbocycles. The Hall–Kier alpha value is -2.37. The first-order valence-electron chi connectivity index (χ1n) is 11.7. The second-order valence-corrected chi connectivity index (χ2v) is 9.78. The summed E-state index contributed by atoms with van der Waals surface area (Å²) in [4.78, 5) is 15.5. The van der Waals surface area contributed by atoms with Gasteiger partial charge in [0.2, 0.25) is 5.91 Å². The van der Waals surface area contributed by atoms with Crippen molar-refractivity contribution in [1.82, 2.24) is 20.0 Å². The number of rotatable bonds is 7. The van der Waals surface area contributed by atoms with Crippen LogP contribution in [0.5, 0.6) is 0 Å². The summed E-state index contributed by atoms with van der Waals surface area (Å²) in [6.45, 7) is 10.6. The number of hydrogen-bond acceptors (Lipinski definition) is 3. The van der Waals surface area contributed by atoms with Crippen molar-refractivity contribution in [2.75, 3.05) is 26.2 Å². The van der Waals surface area contributed by atoms with Gasteiger partial charge in [-0.3, -0.25) is 9.48 Å². The van der Waals surface area contributed by atoms with E-state index in [1.54, 1.807) is 0 Å². The molecule has 3 atom stereocenters. The van der Waals surface area contributed by atoms with Crippen molar-refractivity contribution in [1.29, 1.82) is 0 Å². The monoisotopic (exact) mass is 452 g/mol. The van der Waals surface area contributed by atoms with Crippen LogP contribution in [0.2, 0.25) is 5.02 Å². The number of carbonyl (C=O) groups is 1. The lowest BCUT2D eigenvalue weighted by molar-refractivity contribution is -0.124. The van der Waals surface area contributed by atoms with Crippen LogP contribution < -0.4 is 5.32 Å². The van der Waals surface area contributed by atoms with Crippen LogP contribution in [0.3, 0.4) is 0 Å². The summed E-state index contributed by atoms with van der Waals surface area (Å²) < 4.78 is 1.82. The molecule has 3 aromatic rings. The van der Waals surface area contributed by atoms with Crippen molar-refractivity contribution >= 4 is 28.4 Å². The first-order chi connectivity index (χ1) is 15.4. The quantitative estimate of drug-likeness (QED) is 0.488. The molecule has 170 valence electrons. The minimum atomic E-state index is -0.411. The number of carbonyl (C=O) groups excluding carboxylic acids is 1. The van der Waals surface area contributed by atoms with Crippen molar-refractivity contribution in [2.45, 2.75) is 39.7 Å². The Morgan fingerprint density at radius 1 is 1.16 bits per heavy atom. The van der Waals surface area contributed by atoms with Gasteiger partial charge in [-0.05, 0) is 56.3 Å². The van der Waals surface area contributed by atoms with Gasteiger partial charge < -0.3 is 10.2 Å². The number of aromatic nitrogens is 2. The summed E-state index contributed by atoms with van der Waals surface area (Å²) in [5.41, 5.74) is 2.76. The van der Waals surface area contributed by atoms with Crippen LogP contribution in [0, 0.1) is 11.8 Å². The van der Waals surface area contributed by atoms with Crippen LogP contribution in [0.4, 0.5) is 0 Å². The van der Waals surface area contributed by atoms with Crippen LogP contribution in [-0.2, 0) is 4.79 Å². The number of piperidine rings is 1. The first kappa shape index (κ1) is 22.8. The molecular formula is C26H33ClN4O. The minimum Gasteiger partial charge on any atom is -0.354 e. The number of benzene rings is 2. The van der Waals surface area contributed by atoms with Crippen LogP contribution in [0.25, 0.3) is 22.2 Å². The van der Waals surface area contributed by atoms with E-state index in [2.05, 4.69) is 24.1 Å². The summed E-state index contributed by atoms with van der Waals surface area (Å²) in [6.07, 6.45) is 2.28. The van der Waals surface area contributed by atoms with Gasteiger partial charge in [0.05, 0.1) is 5.52 Å². The standard InChI is InChI=1S/C26H33ClN4O/c1-18-14-19(2)17-30(16-18)13-7-12-28-26(32)20(3)31-24-11-10-22(27)15-23(24)25(29-31)21-8-5-4-6-9-21/h4-6,8-11,15,18-20H,7,12-14,16-17H2,1-3H3,(H,28,32). The van der Waals surface area contributed by atoms with Gasteiger partial charge in [0.15, 0.2) is 0 Å². The van der Waals surface area contributed by atoms with Gasteiger partial charge >= 0.3 is 0 Å². The second-order valence-electron chi connectivity index (χ2n) is 9.35. The van der Waals surface area contributed by atoms with Crippen LogP contribution in [-0.4, -0.2) is 46.8 Å². The highest BCUT2D eigenvalue weighted by atomic mass is 35.5. The van der Waals surface area contributed by atoms with Crippen LogP contribution >= 0.6 is 11.6 Å². The van der Waals surface area contributed by atoms with Crippen molar-refractivity contribution in [3.05, 3.63) is 53.6 Å². The predicted molar refractivity (Wildman–Crippen MR) is 132 cm³/mol. The SMILES string of the molecule is CC1CC(C)CN(CCCNC(=O)C(C)n2nc(-c3ccccc3)c3cc(Cl)ccc32)C1. The lowest BCUT2D eigenvalue weighted by atomic mass is 9.92. The Kier molecular flexibility index (Phi) is 7.17. The van der Waals surface area contributed by atoms with E-state index < -0.39 is 6.04 Å². The fourth-order valence-corrected chi connectivity index (χ4v) is 5.14. The molecule has 0 spiro atoms. The minimum absolute atomic E-state index is 0.00987. The molecule has 3 unspecified atom stereocenters. The maximum Gasteiger partial charge on any atom is 0.244 e.